The second-order valence-corrected chi connectivity index (χ2v) is 7.25. The molecule has 162 valence electrons. The summed E-state index contributed by atoms with van der Waals surface area (Å²) < 4.78 is 16.0. The highest BCUT2D eigenvalue weighted by Crippen LogP contribution is 2.32. The van der Waals surface area contributed by atoms with Crippen molar-refractivity contribution < 1.29 is 23.8 Å². The fourth-order valence-electron chi connectivity index (χ4n) is 3.46. The van der Waals surface area contributed by atoms with Crippen molar-refractivity contribution in [1.82, 2.24) is 5.43 Å². The van der Waals surface area contributed by atoms with E-state index in [-0.39, 0.29) is 12.7 Å². The lowest BCUT2D eigenvalue weighted by atomic mass is 10.0. The number of carbonyl (C=O) groups excluding carboxylic acids is 2. The number of rotatable bonds is 5. The normalized spacial score (nSPS) is 12.1. The molecule has 4 aromatic rings. The topological polar surface area (TPSA) is 86.2 Å². The van der Waals surface area contributed by atoms with Crippen molar-refractivity contribution in [3.8, 4) is 17.2 Å². The van der Waals surface area contributed by atoms with E-state index in [2.05, 4.69) is 10.5 Å². The summed E-state index contributed by atoms with van der Waals surface area (Å²) in [5.41, 5.74) is 4.11. The lowest BCUT2D eigenvalue weighted by molar-refractivity contribution is 0.0736. The Balaban J connectivity index is 1.21. The molecule has 0 saturated carbocycles. The van der Waals surface area contributed by atoms with Gasteiger partial charge >= 0.3 is 5.97 Å². The first-order chi connectivity index (χ1) is 16.2. The van der Waals surface area contributed by atoms with E-state index in [4.69, 9.17) is 14.2 Å². The summed E-state index contributed by atoms with van der Waals surface area (Å²) in [7, 11) is 0. The largest absolute Gasteiger partial charge is 0.454 e. The Hall–Kier alpha value is -4.65. The number of hydrogen-bond donors (Lipinski definition) is 1. The van der Waals surface area contributed by atoms with E-state index < -0.39 is 5.97 Å². The summed E-state index contributed by atoms with van der Waals surface area (Å²) in [6.07, 6.45) is 1.50. The summed E-state index contributed by atoms with van der Waals surface area (Å²) in [6, 6.07) is 24.9. The minimum absolute atomic E-state index is 0.145. The number of ether oxygens (including phenoxy) is 3. The molecule has 0 unspecified atom stereocenters. The fourth-order valence-corrected chi connectivity index (χ4v) is 3.46. The zero-order valence-corrected chi connectivity index (χ0v) is 17.4. The molecule has 0 aromatic heterocycles. The molecule has 4 aromatic carbocycles. The van der Waals surface area contributed by atoms with Gasteiger partial charge in [0.15, 0.2) is 11.5 Å². The van der Waals surface area contributed by atoms with Crippen molar-refractivity contribution >= 4 is 28.9 Å². The van der Waals surface area contributed by atoms with Gasteiger partial charge in [-0.3, -0.25) is 4.79 Å². The van der Waals surface area contributed by atoms with Crippen molar-refractivity contribution in [3.63, 3.8) is 0 Å². The molecular formula is C26H18N2O5. The summed E-state index contributed by atoms with van der Waals surface area (Å²) in [6.45, 7) is 0.145. The Morgan fingerprint density at radius 3 is 2.55 bits per heavy atom. The quantitative estimate of drug-likeness (QED) is 0.214. The number of amides is 1. The lowest BCUT2D eigenvalue weighted by Gasteiger charge is -2.07. The van der Waals surface area contributed by atoms with E-state index in [1.807, 2.05) is 36.4 Å². The molecule has 7 nitrogen and oxygen atoms in total. The van der Waals surface area contributed by atoms with E-state index in [1.54, 1.807) is 48.5 Å². The van der Waals surface area contributed by atoms with Crippen molar-refractivity contribution in [3.05, 3.63) is 102 Å². The average Bonchev–Trinajstić information content (AvgIpc) is 3.32. The third-order valence-corrected chi connectivity index (χ3v) is 5.11. The Kier molecular flexibility index (Phi) is 5.43. The van der Waals surface area contributed by atoms with Crippen LogP contribution in [0.2, 0.25) is 0 Å². The minimum atomic E-state index is -0.427. The summed E-state index contributed by atoms with van der Waals surface area (Å²) in [4.78, 5) is 24.9. The number of carbonyl (C=O) groups is 2. The molecule has 0 fully saturated rings. The van der Waals surface area contributed by atoms with Crippen molar-refractivity contribution in [2.45, 2.75) is 0 Å². The first-order valence-electron chi connectivity index (χ1n) is 10.2. The van der Waals surface area contributed by atoms with Gasteiger partial charge in [0, 0.05) is 5.56 Å². The second kappa shape index (κ2) is 8.84. The highest BCUT2D eigenvalue weighted by atomic mass is 16.7. The zero-order chi connectivity index (χ0) is 22.6. The average molecular weight is 438 g/mol. The molecule has 0 aliphatic carbocycles. The highest BCUT2D eigenvalue weighted by molar-refractivity contribution is 6.05. The number of esters is 1. The molecule has 1 N–H and O–H groups in total. The molecule has 0 radical (unpaired) electrons. The maximum atomic E-state index is 12.7. The Morgan fingerprint density at radius 1 is 0.879 bits per heavy atom. The molecule has 0 atom stereocenters. The van der Waals surface area contributed by atoms with Crippen LogP contribution in [0, 0.1) is 0 Å². The lowest BCUT2D eigenvalue weighted by Crippen LogP contribution is -2.17. The van der Waals surface area contributed by atoms with Crippen LogP contribution in [0.25, 0.3) is 10.8 Å². The first-order valence-corrected chi connectivity index (χ1v) is 10.2. The number of benzene rings is 4. The predicted octanol–water partition coefficient (Wildman–Crippen LogP) is 4.55. The maximum absolute atomic E-state index is 12.7. The van der Waals surface area contributed by atoms with Crippen molar-refractivity contribution in [1.29, 1.82) is 0 Å². The zero-order valence-electron chi connectivity index (χ0n) is 17.4. The van der Waals surface area contributed by atoms with Gasteiger partial charge in [-0.05, 0) is 64.9 Å². The monoisotopic (exact) mass is 438 g/mol. The molecule has 7 heteroatoms. The van der Waals surface area contributed by atoms with E-state index in [0.717, 1.165) is 16.3 Å². The van der Waals surface area contributed by atoms with Gasteiger partial charge in [0.1, 0.15) is 5.75 Å². The standard InChI is InChI=1S/C26H18N2O5/c29-25(19-10-13-23-24(14-19)32-16-31-23)28-27-15-17-8-11-20(12-9-17)33-26(30)22-7-3-5-18-4-1-2-6-21(18)22/h1-15H,16H2,(H,28,29)/b27-15-. The smallest absolute Gasteiger partial charge is 0.344 e. The van der Waals surface area contributed by atoms with Crippen LogP contribution in [0.3, 0.4) is 0 Å². The molecule has 1 aliphatic heterocycles. The van der Waals surface area contributed by atoms with Crippen LogP contribution in [0.4, 0.5) is 0 Å². The van der Waals surface area contributed by atoms with Crippen LogP contribution < -0.4 is 19.6 Å². The van der Waals surface area contributed by atoms with Gasteiger partial charge in [0.2, 0.25) is 6.79 Å². The number of hydrogen-bond acceptors (Lipinski definition) is 6. The van der Waals surface area contributed by atoms with E-state index >= 15 is 0 Å². The SMILES string of the molecule is O=C(N/N=C\c1ccc(OC(=O)c2cccc3ccccc23)cc1)c1ccc2c(c1)OCO2. The van der Waals surface area contributed by atoms with Crippen LogP contribution >= 0.6 is 0 Å². The predicted molar refractivity (Wildman–Crippen MR) is 123 cm³/mol. The third-order valence-electron chi connectivity index (χ3n) is 5.11. The molecule has 1 amide bonds. The fraction of sp³-hybridized carbons (Fsp3) is 0.0385. The molecule has 1 aliphatic rings. The van der Waals surface area contributed by atoms with Gasteiger partial charge in [-0.1, -0.05) is 36.4 Å². The van der Waals surface area contributed by atoms with Gasteiger partial charge in [-0.25, -0.2) is 10.2 Å². The molecule has 0 bridgehead atoms. The van der Waals surface area contributed by atoms with Gasteiger partial charge < -0.3 is 14.2 Å². The second-order valence-electron chi connectivity index (χ2n) is 7.25. The van der Waals surface area contributed by atoms with Crippen LogP contribution in [-0.2, 0) is 0 Å². The van der Waals surface area contributed by atoms with Crippen molar-refractivity contribution in [2.75, 3.05) is 6.79 Å². The van der Waals surface area contributed by atoms with Gasteiger partial charge in [-0.2, -0.15) is 5.10 Å². The van der Waals surface area contributed by atoms with E-state index in [9.17, 15) is 9.59 Å². The van der Waals surface area contributed by atoms with Crippen molar-refractivity contribution in [2.24, 2.45) is 5.10 Å². The van der Waals surface area contributed by atoms with E-state index in [0.29, 0.717) is 28.4 Å². The minimum Gasteiger partial charge on any atom is -0.454 e. The number of fused-ring (bicyclic) bond motifs is 2. The molecule has 1 heterocycles. The Morgan fingerprint density at radius 2 is 1.67 bits per heavy atom. The molecular weight excluding hydrogens is 420 g/mol. The van der Waals surface area contributed by atoms with Crippen LogP contribution in [0.1, 0.15) is 26.3 Å². The Labute approximate surface area is 189 Å². The van der Waals surface area contributed by atoms with Crippen LogP contribution in [-0.4, -0.2) is 24.9 Å². The molecule has 0 spiro atoms. The summed E-state index contributed by atoms with van der Waals surface area (Å²) in [5.74, 6) is 0.750. The maximum Gasteiger partial charge on any atom is 0.344 e. The summed E-state index contributed by atoms with van der Waals surface area (Å²) in [5, 5.41) is 5.79. The van der Waals surface area contributed by atoms with Gasteiger partial charge in [-0.15, -0.1) is 0 Å². The summed E-state index contributed by atoms with van der Waals surface area (Å²) >= 11 is 0. The number of hydrazone groups is 1. The van der Waals surface area contributed by atoms with E-state index in [1.165, 1.54) is 6.21 Å². The number of nitrogens with zero attached hydrogens (tertiary/aromatic N) is 1. The van der Waals surface area contributed by atoms with Crippen LogP contribution in [0.5, 0.6) is 17.2 Å². The van der Waals surface area contributed by atoms with Gasteiger partial charge in [0.25, 0.3) is 5.91 Å². The Bertz CT molecular complexity index is 1370. The first kappa shape index (κ1) is 20.3. The third kappa shape index (κ3) is 4.38. The van der Waals surface area contributed by atoms with Crippen LogP contribution in [0.15, 0.2) is 90.0 Å². The molecule has 33 heavy (non-hydrogen) atoms. The van der Waals surface area contributed by atoms with Gasteiger partial charge in [0.05, 0.1) is 11.8 Å². The highest BCUT2D eigenvalue weighted by Gasteiger charge is 2.16. The number of nitrogens with one attached hydrogen (secondary N) is 1. The molecule has 5 rings (SSSR count). The molecule has 0 saturated heterocycles.